The van der Waals surface area contributed by atoms with Crippen LogP contribution in [-0.4, -0.2) is 36.1 Å². The Morgan fingerprint density at radius 2 is 1.96 bits per heavy atom. The molecule has 124 valence electrons. The van der Waals surface area contributed by atoms with E-state index in [4.69, 9.17) is 4.74 Å². The number of aromatic nitrogens is 1. The van der Waals surface area contributed by atoms with E-state index >= 15 is 0 Å². The van der Waals surface area contributed by atoms with Gasteiger partial charge in [-0.25, -0.2) is 0 Å². The van der Waals surface area contributed by atoms with Crippen LogP contribution in [0, 0.1) is 0 Å². The van der Waals surface area contributed by atoms with Gasteiger partial charge in [-0.2, -0.15) is 0 Å². The average molecular weight is 325 g/mol. The van der Waals surface area contributed by atoms with Crippen molar-refractivity contribution in [1.82, 2.24) is 10.3 Å². The molecule has 1 fully saturated rings. The van der Waals surface area contributed by atoms with E-state index < -0.39 is 0 Å². The summed E-state index contributed by atoms with van der Waals surface area (Å²) >= 11 is 0. The summed E-state index contributed by atoms with van der Waals surface area (Å²) in [6, 6.07) is 10.1. The fourth-order valence-electron chi connectivity index (χ4n) is 2.56. The van der Waals surface area contributed by atoms with Gasteiger partial charge < -0.3 is 15.4 Å². The van der Waals surface area contributed by atoms with Gasteiger partial charge in [-0.3, -0.25) is 14.6 Å². The fraction of sp³-hybridized carbons (Fsp3) is 0.278. The van der Waals surface area contributed by atoms with E-state index in [1.807, 2.05) is 0 Å². The quantitative estimate of drug-likeness (QED) is 0.883. The van der Waals surface area contributed by atoms with Crippen molar-refractivity contribution < 1.29 is 14.3 Å². The molecule has 6 nitrogen and oxygen atoms in total. The lowest BCUT2D eigenvalue weighted by molar-refractivity contribution is 0.0857. The highest BCUT2D eigenvalue weighted by Crippen LogP contribution is 2.14. The van der Waals surface area contributed by atoms with Gasteiger partial charge >= 0.3 is 0 Å². The molecule has 0 unspecified atom stereocenters. The summed E-state index contributed by atoms with van der Waals surface area (Å²) in [7, 11) is 0. The number of ether oxygens (including phenoxy) is 1. The third-order valence-corrected chi connectivity index (χ3v) is 3.84. The van der Waals surface area contributed by atoms with Gasteiger partial charge in [-0.15, -0.1) is 0 Å². The number of carbonyl (C=O) groups is 2. The van der Waals surface area contributed by atoms with Gasteiger partial charge in [0.05, 0.1) is 6.10 Å². The molecular weight excluding hydrogens is 306 g/mol. The average Bonchev–Trinajstić information content (AvgIpc) is 3.14. The Hall–Kier alpha value is -2.73. The van der Waals surface area contributed by atoms with Crippen LogP contribution in [0.4, 0.5) is 5.69 Å². The smallest absolute Gasteiger partial charge is 0.255 e. The van der Waals surface area contributed by atoms with Gasteiger partial charge in [0.2, 0.25) is 0 Å². The predicted molar refractivity (Wildman–Crippen MR) is 89.9 cm³/mol. The molecule has 2 amide bonds. The lowest BCUT2D eigenvalue weighted by atomic mass is 10.1. The summed E-state index contributed by atoms with van der Waals surface area (Å²) < 4.78 is 5.49. The number of amides is 2. The van der Waals surface area contributed by atoms with Crippen molar-refractivity contribution in [2.24, 2.45) is 0 Å². The summed E-state index contributed by atoms with van der Waals surface area (Å²) in [4.78, 5) is 28.2. The topological polar surface area (TPSA) is 80.3 Å². The Morgan fingerprint density at radius 3 is 2.71 bits per heavy atom. The van der Waals surface area contributed by atoms with E-state index in [0.717, 1.165) is 19.4 Å². The first-order valence-corrected chi connectivity index (χ1v) is 7.93. The second kappa shape index (κ2) is 7.70. The Kier molecular flexibility index (Phi) is 5.18. The molecule has 1 aliphatic rings. The first-order valence-electron chi connectivity index (χ1n) is 7.93. The third-order valence-electron chi connectivity index (χ3n) is 3.84. The van der Waals surface area contributed by atoms with E-state index in [0.29, 0.717) is 23.4 Å². The van der Waals surface area contributed by atoms with Crippen molar-refractivity contribution in [2.75, 3.05) is 18.5 Å². The van der Waals surface area contributed by atoms with Crippen molar-refractivity contribution in [1.29, 1.82) is 0 Å². The van der Waals surface area contributed by atoms with E-state index in [1.165, 1.54) is 0 Å². The second-order valence-electron chi connectivity index (χ2n) is 5.62. The van der Waals surface area contributed by atoms with Gasteiger partial charge in [-0.05, 0) is 43.2 Å². The maximum Gasteiger partial charge on any atom is 0.255 e. The molecule has 0 saturated carbocycles. The van der Waals surface area contributed by atoms with Gasteiger partial charge in [0.1, 0.15) is 0 Å². The van der Waals surface area contributed by atoms with Crippen molar-refractivity contribution in [3.05, 3.63) is 59.9 Å². The zero-order valence-corrected chi connectivity index (χ0v) is 13.2. The summed E-state index contributed by atoms with van der Waals surface area (Å²) in [6.07, 6.45) is 5.23. The Labute approximate surface area is 140 Å². The normalized spacial score (nSPS) is 16.6. The number of nitrogens with zero attached hydrogens (tertiary/aromatic N) is 1. The number of anilines is 1. The summed E-state index contributed by atoms with van der Waals surface area (Å²) in [6.45, 7) is 1.27. The van der Waals surface area contributed by atoms with E-state index in [-0.39, 0.29) is 17.9 Å². The van der Waals surface area contributed by atoms with Crippen LogP contribution in [0.25, 0.3) is 0 Å². The molecule has 2 N–H and O–H groups in total. The largest absolute Gasteiger partial charge is 0.376 e. The first-order chi connectivity index (χ1) is 11.7. The minimum atomic E-state index is -0.241. The molecule has 3 rings (SSSR count). The van der Waals surface area contributed by atoms with Crippen molar-refractivity contribution in [3.8, 4) is 0 Å². The van der Waals surface area contributed by atoms with Crippen molar-refractivity contribution in [3.63, 3.8) is 0 Å². The molecule has 2 aromatic rings. The molecule has 1 saturated heterocycles. The zero-order valence-electron chi connectivity index (χ0n) is 13.2. The lowest BCUT2D eigenvalue weighted by Crippen LogP contribution is -2.31. The highest BCUT2D eigenvalue weighted by molar-refractivity contribution is 6.05. The molecule has 1 aliphatic heterocycles. The number of hydrogen-bond acceptors (Lipinski definition) is 4. The SMILES string of the molecule is O=C(NC[C@H]1CCCO1)c1cccc(NC(=O)c2ccncc2)c1. The first kappa shape index (κ1) is 16.1. The van der Waals surface area contributed by atoms with E-state index in [9.17, 15) is 9.59 Å². The Bertz CT molecular complexity index is 712. The summed E-state index contributed by atoms with van der Waals surface area (Å²) in [5.41, 5.74) is 1.58. The minimum absolute atomic E-state index is 0.100. The van der Waals surface area contributed by atoms with Crippen LogP contribution in [0.3, 0.4) is 0 Å². The lowest BCUT2D eigenvalue weighted by Gasteiger charge is -2.11. The predicted octanol–water partition coefficient (Wildman–Crippen LogP) is 2.24. The molecule has 0 radical (unpaired) electrons. The fourth-order valence-corrected chi connectivity index (χ4v) is 2.56. The number of rotatable bonds is 5. The number of carbonyl (C=O) groups excluding carboxylic acids is 2. The van der Waals surface area contributed by atoms with Gasteiger partial charge in [0, 0.05) is 42.4 Å². The number of hydrogen-bond donors (Lipinski definition) is 2. The highest BCUT2D eigenvalue weighted by atomic mass is 16.5. The third kappa shape index (κ3) is 4.17. The van der Waals surface area contributed by atoms with Crippen LogP contribution in [0.15, 0.2) is 48.8 Å². The van der Waals surface area contributed by atoms with Gasteiger partial charge in [-0.1, -0.05) is 6.07 Å². The zero-order chi connectivity index (χ0) is 16.8. The Morgan fingerprint density at radius 1 is 1.12 bits per heavy atom. The van der Waals surface area contributed by atoms with Crippen LogP contribution in [0.5, 0.6) is 0 Å². The van der Waals surface area contributed by atoms with Crippen LogP contribution < -0.4 is 10.6 Å². The second-order valence-corrected chi connectivity index (χ2v) is 5.62. The maximum atomic E-state index is 12.2. The number of benzene rings is 1. The standard InChI is InChI=1S/C18H19N3O3/c22-17(20-12-16-5-2-10-24-16)14-3-1-4-15(11-14)21-18(23)13-6-8-19-9-7-13/h1,3-4,6-9,11,16H,2,5,10,12H2,(H,20,22)(H,21,23)/t16-/m1/s1. The van der Waals surface area contributed by atoms with Crippen LogP contribution >= 0.6 is 0 Å². The molecule has 6 heteroatoms. The molecule has 2 heterocycles. The van der Waals surface area contributed by atoms with Gasteiger partial charge in [0.25, 0.3) is 11.8 Å². The van der Waals surface area contributed by atoms with Crippen molar-refractivity contribution in [2.45, 2.75) is 18.9 Å². The van der Waals surface area contributed by atoms with Crippen LogP contribution in [0.1, 0.15) is 33.6 Å². The van der Waals surface area contributed by atoms with E-state index in [1.54, 1.807) is 48.8 Å². The molecule has 1 aromatic heterocycles. The molecule has 1 atom stereocenters. The number of pyridine rings is 1. The van der Waals surface area contributed by atoms with Crippen molar-refractivity contribution >= 4 is 17.5 Å². The summed E-state index contributed by atoms with van der Waals surface area (Å²) in [5, 5.41) is 5.65. The van der Waals surface area contributed by atoms with Crippen LogP contribution in [-0.2, 0) is 4.74 Å². The van der Waals surface area contributed by atoms with Gasteiger partial charge in [0.15, 0.2) is 0 Å². The maximum absolute atomic E-state index is 12.2. The molecular formula is C18H19N3O3. The summed E-state index contributed by atoms with van der Waals surface area (Å²) in [5.74, 6) is -0.417. The monoisotopic (exact) mass is 325 g/mol. The highest BCUT2D eigenvalue weighted by Gasteiger charge is 2.17. The molecule has 0 aliphatic carbocycles. The minimum Gasteiger partial charge on any atom is -0.376 e. The molecule has 1 aromatic carbocycles. The molecule has 0 bridgehead atoms. The van der Waals surface area contributed by atoms with E-state index in [2.05, 4.69) is 15.6 Å². The number of nitrogens with one attached hydrogen (secondary N) is 2. The Balaban J connectivity index is 1.61. The molecule has 24 heavy (non-hydrogen) atoms. The van der Waals surface area contributed by atoms with Crippen LogP contribution in [0.2, 0.25) is 0 Å². The molecule has 0 spiro atoms.